The van der Waals surface area contributed by atoms with Gasteiger partial charge in [-0.1, -0.05) is 12.1 Å². The quantitative estimate of drug-likeness (QED) is 0.662. The fourth-order valence-electron chi connectivity index (χ4n) is 1.31. The number of carboxylic acids is 1. The number of hydrogen-bond acceptors (Lipinski definition) is 4. The molecule has 1 unspecified atom stereocenters. The number of thioether (sulfide) groups is 1. The molecule has 0 aromatic heterocycles. The lowest BCUT2D eigenvalue weighted by molar-refractivity contribution is -0.131. The van der Waals surface area contributed by atoms with Crippen LogP contribution < -0.4 is 0 Å². The van der Waals surface area contributed by atoms with Gasteiger partial charge in [0.05, 0.1) is 12.7 Å². The number of aliphatic carboxylic acids is 1. The van der Waals surface area contributed by atoms with Crippen LogP contribution >= 0.6 is 11.8 Å². The van der Waals surface area contributed by atoms with E-state index in [0.717, 1.165) is 6.08 Å². The third-order valence-electron chi connectivity index (χ3n) is 2.27. The predicted molar refractivity (Wildman–Crippen MR) is 72.3 cm³/mol. The highest BCUT2D eigenvalue weighted by Crippen LogP contribution is 2.18. The molecule has 0 aliphatic rings. The van der Waals surface area contributed by atoms with Gasteiger partial charge in [-0.15, -0.1) is 0 Å². The standard InChI is InChI=1S/C13H15FO4S/c14-12-5-9(2-4-13(17)18)1-3-10(12)7-19-8-11(16)6-15/h1-5,11,15-16H,6-8H2,(H,17,18). The normalized spacial score (nSPS) is 12.8. The Hall–Kier alpha value is -1.37. The van der Waals surface area contributed by atoms with E-state index in [-0.39, 0.29) is 6.61 Å². The average Bonchev–Trinajstić information content (AvgIpc) is 2.38. The predicted octanol–water partition coefficient (Wildman–Crippen LogP) is 1.51. The lowest BCUT2D eigenvalue weighted by Gasteiger charge is -2.07. The van der Waals surface area contributed by atoms with Gasteiger partial charge in [0.25, 0.3) is 0 Å². The van der Waals surface area contributed by atoms with E-state index in [4.69, 9.17) is 15.3 Å². The van der Waals surface area contributed by atoms with Crippen molar-refractivity contribution >= 4 is 23.8 Å². The van der Waals surface area contributed by atoms with Crippen LogP contribution in [0.1, 0.15) is 11.1 Å². The van der Waals surface area contributed by atoms with Crippen molar-refractivity contribution in [3.63, 3.8) is 0 Å². The molecule has 0 radical (unpaired) electrons. The van der Waals surface area contributed by atoms with E-state index in [1.54, 1.807) is 12.1 Å². The molecule has 0 fully saturated rings. The van der Waals surface area contributed by atoms with Gasteiger partial charge in [0.1, 0.15) is 5.82 Å². The van der Waals surface area contributed by atoms with Crippen molar-refractivity contribution in [1.29, 1.82) is 0 Å². The van der Waals surface area contributed by atoms with E-state index in [1.807, 2.05) is 0 Å². The van der Waals surface area contributed by atoms with Crippen molar-refractivity contribution in [2.24, 2.45) is 0 Å². The zero-order chi connectivity index (χ0) is 14.3. The van der Waals surface area contributed by atoms with Crippen molar-refractivity contribution in [3.05, 3.63) is 41.2 Å². The zero-order valence-electron chi connectivity index (χ0n) is 10.1. The number of rotatable bonds is 7. The highest BCUT2D eigenvalue weighted by molar-refractivity contribution is 7.98. The molecule has 0 saturated heterocycles. The van der Waals surface area contributed by atoms with E-state index < -0.39 is 17.9 Å². The third-order valence-corrected chi connectivity index (χ3v) is 3.41. The SMILES string of the molecule is O=C(O)C=Cc1ccc(CSCC(O)CO)c(F)c1. The summed E-state index contributed by atoms with van der Waals surface area (Å²) < 4.78 is 13.7. The van der Waals surface area contributed by atoms with Crippen LogP contribution in [0.5, 0.6) is 0 Å². The maximum atomic E-state index is 13.7. The Kier molecular flexibility index (Phi) is 6.55. The van der Waals surface area contributed by atoms with Crippen molar-refractivity contribution in [2.45, 2.75) is 11.9 Å². The first-order valence-corrected chi connectivity index (χ1v) is 6.74. The van der Waals surface area contributed by atoms with Gasteiger partial charge in [0.15, 0.2) is 0 Å². The zero-order valence-corrected chi connectivity index (χ0v) is 10.9. The van der Waals surface area contributed by atoms with Gasteiger partial charge >= 0.3 is 5.97 Å². The van der Waals surface area contributed by atoms with E-state index in [2.05, 4.69) is 0 Å². The van der Waals surface area contributed by atoms with Crippen LogP contribution in [0.4, 0.5) is 4.39 Å². The average molecular weight is 286 g/mol. The summed E-state index contributed by atoms with van der Waals surface area (Å²) in [5.74, 6) is -0.792. The van der Waals surface area contributed by atoms with E-state index >= 15 is 0 Å². The summed E-state index contributed by atoms with van der Waals surface area (Å²) in [5, 5.41) is 26.2. The Morgan fingerprint density at radius 1 is 1.47 bits per heavy atom. The molecular weight excluding hydrogens is 271 g/mol. The number of halogens is 1. The summed E-state index contributed by atoms with van der Waals surface area (Å²) in [6, 6.07) is 4.47. The Bertz CT molecular complexity index is 462. The molecule has 104 valence electrons. The summed E-state index contributed by atoms with van der Waals surface area (Å²) in [7, 11) is 0. The molecular formula is C13H15FO4S. The van der Waals surface area contributed by atoms with Gasteiger partial charge in [0, 0.05) is 17.6 Å². The van der Waals surface area contributed by atoms with E-state index in [9.17, 15) is 9.18 Å². The molecule has 0 aliphatic carbocycles. The van der Waals surface area contributed by atoms with Gasteiger partial charge in [-0.3, -0.25) is 0 Å². The molecule has 0 bridgehead atoms. The molecule has 0 spiro atoms. The Balaban J connectivity index is 2.59. The minimum absolute atomic E-state index is 0.311. The summed E-state index contributed by atoms with van der Waals surface area (Å²) >= 11 is 1.32. The topological polar surface area (TPSA) is 77.8 Å². The summed E-state index contributed by atoms with van der Waals surface area (Å²) in [6.45, 7) is -0.311. The number of aliphatic hydroxyl groups is 2. The maximum Gasteiger partial charge on any atom is 0.328 e. The van der Waals surface area contributed by atoms with Gasteiger partial charge < -0.3 is 15.3 Å². The molecule has 1 rings (SSSR count). The van der Waals surface area contributed by atoms with Crippen LogP contribution in [-0.2, 0) is 10.5 Å². The molecule has 0 heterocycles. The number of carboxylic acid groups (broad SMARTS) is 1. The van der Waals surface area contributed by atoms with Crippen LogP contribution in [-0.4, -0.2) is 39.8 Å². The number of hydrogen-bond donors (Lipinski definition) is 3. The lowest BCUT2D eigenvalue weighted by Crippen LogP contribution is -2.14. The molecule has 0 amide bonds. The van der Waals surface area contributed by atoms with Gasteiger partial charge in [0.2, 0.25) is 0 Å². The van der Waals surface area contributed by atoms with Crippen molar-refractivity contribution < 1.29 is 24.5 Å². The molecule has 0 aliphatic heterocycles. The fourth-order valence-corrected chi connectivity index (χ4v) is 2.26. The third kappa shape index (κ3) is 5.87. The molecule has 1 aromatic rings. The molecule has 0 saturated carbocycles. The highest BCUT2D eigenvalue weighted by atomic mass is 32.2. The number of carbonyl (C=O) groups is 1. The molecule has 4 nitrogen and oxygen atoms in total. The van der Waals surface area contributed by atoms with Gasteiger partial charge in [-0.05, 0) is 23.3 Å². The summed E-state index contributed by atoms with van der Waals surface area (Å²) in [6.07, 6.45) is 1.46. The van der Waals surface area contributed by atoms with Crippen molar-refractivity contribution in [3.8, 4) is 0 Å². The van der Waals surface area contributed by atoms with E-state index in [1.165, 1.54) is 23.9 Å². The van der Waals surface area contributed by atoms with Crippen LogP contribution in [0, 0.1) is 5.82 Å². The maximum absolute atomic E-state index is 13.7. The van der Waals surface area contributed by atoms with E-state index in [0.29, 0.717) is 22.6 Å². The van der Waals surface area contributed by atoms with Crippen molar-refractivity contribution in [1.82, 2.24) is 0 Å². The lowest BCUT2D eigenvalue weighted by atomic mass is 10.1. The Morgan fingerprint density at radius 2 is 2.21 bits per heavy atom. The second-order valence-electron chi connectivity index (χ2n) is 3.87. The smallest absolute Gasteiger partial charge is 0.328 e. The molecule has 1 atom stereocenters. The molecule has 6 heteroatoms. The highest BCUT2D eigenvalue weighted by Gasteiger charge is 2.06. The minimum atomic E-state index is -1.09. The molecule has 3 N–H and O–H groups in total. The van der Waals surface area contributed by atoms with Crippen LogP contribution in [0.3, 0.4) is 0 Å². The fraction of sp³-hybridized carbons (Fsp3) is 0.308. The second kappa shape index (κ2) is 7.93. The molecule has 19 heavy (non-hydrogen) atoms. The largest absolute Gasteiger partial charge is 0.478 e. The summed E-state index contributed by atoms with van der Waals surface area (Å²) in [4.78, 5) is 10.3. The van der Waals surface area contributed by atoms with Crippen LogP contribution in [0.2, 0.25) is 0 Å². The number of benzene rings is 1. The first kappa shape index (κ1) is 15.7. The monoisotopic (exact) mass is 286 g/mol. The minimum Gasteiger partial charge on any atom is -0.478 e. The molecule has 1 aromatic carbocycles. The van der Waals surface area contributed by atoms with Gasteiger partial charge in [-0.25, -0.2) is 9.18 Å². The van der Waals surface area contributed by atoms with Crippen molar-refractivity contribution in [2.75, 3.05) is 12.4 Å². The Morgan fingerprint density at radius 3 is 2.79 bits per heavy atom. The van der Waals surface area contributed by atoms with Crippen LogP contribution in [0.25, 0.3) is 6.08 Å². The Labute approximate surface area is 114 Å². The van der Waals surface area contributed by atoms with Gasteiger partial charge in [-0.2, -0.15) is 11.8 Å². The first-order valence-electron chi connectivity index (χ1n) is 5.59. The first-order chi connectivity index (χ1) is 9.02. The van der Waals surface area contributed by atoms with Crippen LogP contribution in [0.15, 0.2) is 24.3 Å². The number of aliphatic hydroxyl groups excluding tert-OH is 2. The summed E-state index contributed by atoms with van der Waals surface area (Å²) in [5.41, 5.74) is 0.951. The second-order valence-corrected chi connectivity index (χ2v) is 4.90.